The van der Waals surface area contributed by atoms with Gasteiger partial charge in [0.15, 0.2) is 5.16 Å². The van der Waals surface area contributed by atoms with E-state index in [9.17, 15) is 9.59 Å². The van der Waals surface area contributed by atoms with Crippen LogP contribution in [-0.4, -0.2) is 21.6 Å². The zero-order valence-electron chi connectivity index (χ0n) is 14.1. The van der Waals surface area contributed by atoms with E-state index < -0.39 is 0 Å². The van der Waals surface area contributed by atoms with Gasteiger partial charge in [0.25, 0.3) is 5.56 Å². The van der Waals surface area contributed by atoms with Crippen molar-refractivity contribution in [1.82, 2.24) is 9.97 Å². The van der Waals surface area contributed by atoms with Crippen LogP contribution in [0.5, 0.6) is 0 Å². The number of fused-ring (bicyclic) bond motifs is 3. The Morgan fingerprint density at radius 1 is 1.22 bits per heavy atom. The van der Waals surface area contributed by atoms with Crippen molar-refractivity contribution in [2.24, 2.45) is 0 Å². The summed E-state index contributed by atoms with van der Waals surface area (Å²) >= 11 is 14.7. The van der Waals surface area contributed by atoms with Crippen molar-refractivity contribution in [2.75, 3.05) is 11.1 Å². The first-order chi connectivity index (χ1) is 13.0. The van der Waals surface area contributed by atoms with Gasteiger partial charge in [-0.15, -0.1) is 11.3 Å². The lowest BCUT2D eigenvalue weighted by molar-refractivity contribution is -0.113. The molecule has 5 nitrogen and oxygen atoms in total. The Labute approximate surface area is 173 Å². The van der Waals surface area contributed by atoms with Crippen LogP contribution in [0.3, 0.4) is 0 Å². The van der Waals surface area contributed by atoms with Gasteiger partial charge in [-0.2, -0.15) is 0 Å². The van der Waals surface area contributed by atoms with Crippen LogP contribution in [0.2, 0.25) is 10.0 Å². The number of nitrogens with one attached hydrogen (secondary N) is 2. The molecule has 27 heavy (non-hydrogen) atoms. The third-order valence-corrected chi connectivity index (χ3v) is 6.79. The molecule has 0 unspecified atom stereocenters. The topological polar surface area (TPSA) is 74.8 Å². The standard InChI is InChI=1S/C18H15Cl2N3O2S2/c19-9-5-10(20)7-11(6-9)21-14(24)8-26-18-22-16(25)15-12-3-1-2-4-13(12)27-17(15)23-18/h5-7H,1-4,8H2,(H,21,24)(H,22,23,25). The van der Waals surface area contributed by atoms with E-state index in [2.05, 4.69) is 15.3 Å². The van der Waals surface area contributed by atoms with Crippen LogP contribution in [0.25, 0.3) is 10.2 Å². The lowest BCUT2D eigenvalue weighted by Crippen LogP contribution is -2.15. The molecule has 0 saturated carbocycles. The number of aromatic amines is 1. The molecule has 1 amide bonds. The second kappa shape index (κ2) is 7.83. The summed E-state index contributed by atoms with van der Waals surface area (Å²) in [5, 5.41) is 4.80. The maximum absolute atomic E-state index is 12.5. The Morgan fingerprint density at radius 2 is 1.96 bits per heavy atom. The molecule has 0 spiro atoms. The monoisotopic (exact) mass is 439 g/mol. The Bertz CT molecular complexity index is 1070. The number of carbonyl (C=O) groups is 1. The molecule has 0 bridgehead atoms. The number of amides is 1. The van der Waals surface area contributed by atoms with E-state index >= 15 is 0 Å². The molecular formula is C18H15Cl2N3O2S2. The molecule has 3 aromatic rings. The molecule has 140 valence electrons. The number of aryl methyl sites for hydroxylation is 2. The largest absolute Gasteiger partial charge is 0.325 e. The minimum Gasteiger partial charge on any atom is -0.325 e. The SMILES string of the molecule is O=C(CSc1nc2sc3c(c2c(=O)[nH]1)CCCC3)Nc1cc(Cl)cc(Cl)c1. The predicted octanol–water partition coefficient (Wildman–Crippen LogP) is 4.90. The smallest absolute Gasteiger partial charge is 0.260 e. The molecule has 2 heterocycles. The normalized spacial score (nSPS) is 13.6. The summed E-state index contributed by atoms with van der Waals surface area (Å²) < 4.78 is 0. The molecule has 9 heteroatoms. The van der Waals surface area contributed by atoms with Crippen LogP contribution in [-0.2, 0) is 17.6 Å². The number of halogens is 2. The Morgan fingerprint density at radius 3 is 2.74 bits per heavy atom. The highest BCUT2D eigenvalue weighted by Gasteiger charge is 2.20. The van der Waals surface area contributed by atoms with E-state index in [1.165, 1.54) is 16.6 Å². The third kappa shape index (κ3) is 4.16. The van der Waals surface area contributed by atoms with Crippen molar-refractivity contribution < 1.29 is 4.79 Å². The van der Waals surface area contributed by atoms with Crippen LogP contribution >= 0.6 is 46.3 Å². The van der Waals surface area contributed by atoms with Crippen molar-refractivity contribution in [3.63, 3.8) is 0 Å². The van der Waals surface area contributed by atoms with Crippen molar-refractivity contribution in [2.45, 2.75) is 30.8 Å². The fourth-order valence-electron chi connectivity index (χ4n) is 3.17. The lowest BCUT2D eigenvalue weighted by Gasteiger charge is -2.09. The van der Waals surface area contributed by atoms with Crippen molar-refractivity contribution in [1.29, 1.82) is 0 Å². The fourth-order valence-corrected chi connectivity index (χ4v) is 5.68. The van der Waals surface area contributed by atoms with E-state index in [-0.39, 0.29) is 17.2 Å². The van der Waals surface area contributed by atoms with Gasteiger partial charge in [-0.3, -0.25) is 9.59 Å². The quantitative estimate of drug-likeness (QED) is 0.447. The Hall–Kier alpha value is -1.54. The summed E-state index contributed by atoms with van der Waals surface area (Å²) in [6, 6.07) is 4.84. The number of nitrogens with zero attached hydrogens (tertiary/aromatic N) is 1. The van der Waals surface area contributed by atoms with Gasteiger partial charge in [0, 0.05) is 20.6 Å². The van der Waals surface area contributed by atoms with Crippen molar-refractivity contribution >= 4 is 68.1 Å². The molecule has 0 saturated heterocycles. The van der Waals surface area contributed by atoms with Crippen LogP contribution in [0.15, 0.2) is 28.2 Å². The molecule has 0 fully saturated rings. The predicted molar refractivity (Wildman–Crippen MR) is 113 cm³/mol. The summed E-state index contributed by atoms with van der Waals surface area (Å²) in [5.74, 6) is -0.115. The summed E-state index contributed by atoms with van der Waals surface area (Å²) in [5.41, 5.74) is 1.56. The van der Waals surface area contributed by atoms with E-state index in [1.807, 2.05) is 0 Å². The zero-order chi connectivity index (χ0) is 19.0. The second-order valence-electron chi connectivity index (χ2n) is 6.26. The first-order valence-corrected chi connectivity index (χ1v) is 11.0. The molecule has 1 aliphatic carbocycles. The number of hydrogen-bond acceptors (Lipinski definition) is 5. The highest BCUT2D eigenvalue weighted by molar-refractivity contribution is 7.99. The van der Waals surface area contributed by atoms with Gasteiger partial charge in [-0.05, 0) is 49.4 Å². The van der Waals surface area contributed by atoms with E-state index in [1.54, 1.807) is 29.5 Å². The average Bonchev–Trinajstić information content (AvgIpc) is 2.98. The maximum atomic E-state index is 12.5. The van der Waals surface area contributed by atoms with Crippen LogP contribution < -0.4 is 10.9 Å². The molecule has 2 aromatic heterocycles. The highest BCUT2D eigenvalue weighted by Crippen LogP contribution is 2.34. The van der Waals surface area contributed by atoms with Crippen LogP contribution in [0.4, 0.5) is 5.69 Å². The van der Waals surface area contributed by atoms with E-state index in [0.29, 0.717) is 20.9 Å². The van der Waals surface area contributed by atoms with Gasteiger partial charge < -0.3 is 10.3 Å². The van der Waals surface area contributed by atoms with Gasteiger partial charge in [-0.1, -0.05) is 35.0 Å². The molecule has 0 aliphatic heterocycles. The van der Waals surface area contributed by atoms with E-state index in [0.717, 1.165) is 41.5 Å². The lowest BCUT2D eigenvalue weighted by atomic mass is 9.97. The zero-order valence-corrected chi connectivity index (χ0v) is 17.2. The number of anilines is 1. The minimum absolute atomic E-state index is 0.115. The molecule has 0 radical (unpaired) electrons. The summed E-state index contributed by atoms with van der Waals surface area (Å²) in [7, 11) is 0. The van der Waals surface area contributed by atoms with Gasteiger partial charge in [0.05, 0.1) is 11.1 Å². The molecule has 0 atom stereocenters. The number of H-pyrrole nitrogens is 1. The average molecular weight is 440 g/mol. The van der Waals surface area contributed by atoms with Crippen molar-refractivity contribution in [3.05, 3.63) is 49.0 Å². The number of thioether (sulfide) groups is 1. The van der Waals surface area contributed by atoms with Gasteiger partial charge in [0.2, 0.25) is 5.91 Å². The number of carbonyl (C=O) groups excluding carboxylic acids is 1. The molecule has 1 aliphatic rings. The third-order valence-electron chi connectivity index (χ3n) is 4.29. The molecule has 2 N–H and O–H groups in total. The Balaban J connectivity index is 1.48. The van der Waals surface area contributed by atoms with Crippen LogP contribution in [0.1, 0.15) is 23.3 Å². The Kier molecular flexibility index (Phi) is 5.45. The number of rotatable bonds is 4. The number of thiophene rings is 1. The highest BCUT2D eigenvalue weighted by atomic mass is 35.5. The number of aromatic nitrogens is 2. The first kappa shape index (κ1) is 18.8. The summed E-state index contributed by atoms with van der Waals surface area (Å²) in [6.45, 7) is 0. The number of hydrogen-bond donors (Lipinski definition) is 2. The van der Waals surface area contributed by atoms with Gasteiger partial charge >= 0.3 is 0 Å². The second-order valence-corrected chi connectivity index (χ2v) is 9.18. The van der Waals surface area contributed by atoms with Gasteiger partial charge in [-0.25, -0.2) is 4.98 Å². The first-order valence-electron chi connectivity index (χ1n) is 8.43. The maximum Gasteiger partial charge on any atom is 0.260 e. The molecule has 1 aromatic carbocycles. The summed E-state index contributed by atoms with van der Waals surface area (Å²) in [4.78, 5) is 34.1. The van der Waals surface area contributed by atoms with E-state index in [4.69, 9.17) is 23.2 Å². The van der Waals surface area contributed by atoms with Crippen LogP contribution in [0, 0.1) is 0 Å². The number of benzene rings is 1. The van der Waals surface area contributed by atoms with Crippen molar-refractivity contribution in [3.8, 4) is 0 Å². The van der Waals surface area contributed by atoms with Gasteiger partial charge in [0.1, 0.15) is 4.83 Å². The summed E-state index contributed by atoms with van der Waals surface area (Å²) in [6.07, 6.45) is 4.23. The minimum atomic E-state index is -0.230. The molecule has 4 rings (SSSR count). The molecular weight excluding hydrogens is 425 g/mol. The fraction of sp³-hybridized carbons (Fsp3) is 0.278.